The van der Waals surface area contributed by atoms with Crippen molar-refractivity contribution < 1.29 is 4.39 Å². The molecule has 1 nitrogen and oxygen atoms in total. The molecule has 0 spiro atoms. The van der Waals surface area contributed by atoms with Crippen LogP contribution in [0.2, 0.25) is 5.02 Å². The topological polar surface area (TPSA) is 12.0 Å². The van der Waals surface area contributed by atoms with Crippen molar-refractivity contribution in [1.29, 1.82) is 0 Å². The molecule has 3 heteroatoms. The van der Waals surface area contributed by atoms with Crippen LogP contribution in [0.15, 0.2) is 18.2 Å². The van der Waals surface area contributed by atoms with Gasteiger partial charge in [-0.05, 0) is 55.5 Å². The zero-order valence-electron chi connectivity index (χ0n) is 11.5. The second-order valence-corrected chi connectivity index (χ2v) is 5.52. The van der Waals surface area contributed by atoms with Crippen molar-refractivity contribution in [2.75, 3.05) is 6.54 Å². The van der Waals surface area contributed by atoms with Crippen LogP contribution in [0.4, 0.5) is 4.39 Å². The maximum absolute atomic E-state index is 13.6. The molecule has 0 radical (unpaired) electrons. The van der Waals surface area contributed by atoms with Gasteiger partial charge < -0.3 is 5.32 Å². The standard InChI is InChI=1S/C15H23ClFN/c1-4-9-18-15(11(2)3)8-5-12-10-13(16)6-7-14(12)17/h6-7,10-11,15,18H,4-5,8-9H2,1-3H3. The van der Waals surface area contributed by atoms with Crippen molar-refractivity contribution in [3.63, 3.8) is 0 Å². The van der Waals surface area contributed by atoms with Crippen molar-refractivity contribution in [2.45, 2.75) is 46.1 Å². The lowest BCUT2D eigenvalue weighted by atomic mass is 9.96. The Morgan fingerprint density at radius 3 is 2.67 bits per heavy atom. The molecule has 102 valence electrons. The van der Waals surface area contributed by atoms with Crippen molar-refractivity contribution in [1.82, 2.24) is 5.32 Å². The molecule has 1 unspecified atom stereocenters. The van der Waals surface area contributed by atoms with Gasteiger partial charge in [0, 0.05) is 11.1 Å². The quantitative estimate of drug-likeness (QED) is 0.773. The molecule has 1 aromatic rings. The molecular formula is C15H23ClFN. The van der Waals surface area contributed by atoms with Gasteiger partial charge in [-0.3, -0.25) is 0 Å². The molecule has 0 amide bonds. The van der Waals surface area contributed by atoms with E-state index >= 15 is 0 Å². The lowest BCUT2D eigenvalue weighted by Crippen LogP contribution is -2.34. The summed E-state index contributed by atoms with van der Waals surface area (Å²) in [6.45, 7) is 7.56. The van der Waals surface area contributed by atoms with Crippen LogP contribution in [0, 0.1) is 11.7 Å². The van der Waals surface area contributed by atoms with E-state index in [1.54, 1.807) is 12.1 Å². The highest BCUT2D eigenvalue weighted by atomic mass is 35.5. The van der Waals surface area contributed by atoms with E-state index in [0.29, 0.717) is 22.5 Å². The number of rotatable bonds is 7. The van der Waals surface area contributed by atoms with E-state index in [1.807, 2.05) is 0 Å². The van der Waals surface area contributed by atoms with Gasteiger partial charge in [-0.25, -0.2) is 4.39 Å². The molecule has 0 aliphatic rings. The van der Waals surface area contributed by atoms with Gasteiger partial charge in [-0.1, -0.05) is 32.4 Å². The minimum absolute atomic E-state index is 0.155. The van der Waals surface area contributed by atoms with Crippen molar-refractivity contribution >= 4 is 11.6 Å². The van der Waals surface area contributed by atoms with Gasteiger partial charge in [0.15, 0.2) is 0 Å². The highest BCUT2D eigenvalue weighted by Crippen LogP contribution is 2.18. The van der Waals surface area contributed by atoms with Crippen LogP contribution in [0.5, 0.6) is 0 Å². The Morgan fingerprint density at radius 1 is 1.33 bits per heavy atom. The van der Waals surface area contributed by atoms with E-state index in [0.717, 1.165) is 25.8 Å². The Balaban J connectivity index is 2.58. The summed E-state index contributed by atoms with van der Waals surface area (Å²) in [5.41, 5.74) is 0.714. The predicted octanol–water partition coefficient (Wildman–Crippen LogP) is 4.44. The zero-order valence-corrected chi connectivity index (χ0v) is 12.2. The Morgan fingerprint density at radius 2 is 2.06 bits per heavy atom. The molecule has 0 saturated heterocycles. The molecule has 1 N–H and O–H groups in total. The van der Waals surface area contributed by atoms with Crippen LogP contribution in [-0.2, 0) is 6.42 Å². The van der Waals surface area contributed by atoms with Crippen LogP contribution in [-0.4, -0.2) is 12.6 Å². The maximum atomic E-state index is 13.6. The lowest BCUT2D eigenvalue weighted by Gasteiger charge is -2.22. The fourth-order valence-corrected chi connectivity index (χ4v) is 2.24. The molecule has 0 aromatic heterocycles. The molecule has 18 heavy (non-hydrogen) atoms. The number of aryl methyl sites for hydroxylation is 1. The first kappa shape index (κ1) is 15.5. The first-order chi connectivity index (χ1) is 8.54. The van der Waals surface area contributed by atoms with E-state index in [1.165, 1.54) is 6.07 Å². The summed E-state index contributed by atoms with van der Waals surface area (Å²) in [6.07, 6.45) is 2.79. The van der Waals surface area contributed by atoms with E-state index in [-0.39, 0.29) is 5.82 Å². The summed E-state index contributed by atoms with van der Waals surface area (Å²) >= 11 is 5.90. The largest absolute Gasteiger partial charge is 0.314 e. The molecule has 1 atom stereocenters. The average Bonchev–Trinajstić information content (AvgIpc) is 2.33. The van der Waals surface area contributed by atoms with Gasteiger partial charge in [-0.2, -0.15) is 0 Å². The summed E-state index contributed by atoms with van der Waals surface area (Å²) in [5.74, 6) is 0.399. The van der Waals surface area contributed by atoms with E-state index < -0.39 is 0 Å². The van der Waals surface area contributed by atoms with Gasteiger partial charge >= 0.3 is 0 Å². The molecule has 1 aromatic carbocycles. The number of hydrogen-bond donors (Lipinski definition) is 1. The predicted molar refractivity (Wildman–Crippen MR) is 76.7 cm³/mol. The van der Waals surface area contributed by atoms with Crippen LogP contribution in [0.1, 0.15) is 39.2 Å². The Bertz CT molecular complexity index is 366. The van der Waals surface area contributed by atoms with Crippen LogP contribution in [0.25, 0.3) is 0 Å². The zero-order chi connectivity index (χ0) is 13.5. The summed E-state index contributed by atoms with van der Waals surface area (Å²) in [5, 5.41) is 4.12. The average molecular weight is 272 g/mol. The van der Waals surface area contributed by atoms with E-state index in [2.05, 4.69) is 26.1 Å². The Hall–Kier alpha value is -0.600. The minimum atomic E-state index is -0.155. The maximum Gasteiger partial charge on any atom is 0.126 e. The smallest absolute Gasteiger partial charge is 0.126 e. The molecule has 0 heterocycles. The molecule has 1 rings (SSSR count). The fraction of sp³-hybridized carbons (Fsp3) is 0.600. The number of benzene rings is 1. The monoisotopic (exact) mass is 271 g/mol. The molecule has 0 fully saturated rings. The highest BCUT2D eigenvalue weighted by molar-refractivity contribution is 6.30. The Labute approximate surface area is 115 Å². The Kier molecular flexibility index (Phi) is 6.66. The van der Waals surface area contributed by atoms with Gasteiger partial charge in [-0.15, -0.1) is 0 Å². The molecule has 0 aliphatic carbocycles. The first-order valence-electron chi connectivity index (χ1n) is 6.72. The van der Waals surface area contributed by atoms with Crippen LogP contribution >= 0.6 is 11.6 Å². The minimum Gasteiger partial charge on any atom is -0.314 e. The van der Waals surface area contributed by atoms with Crippen molar-refractivity contribution in [2.24, 2.45) is 5.92 Å². The second-order valence-electron chi connectivity index (χ2n) is 5.08. The SMILES string of the molecule is CCCNC(CCc1cc(Cl)ccc1F)C(C)C. The normalized spacial score (nSPS) is 13.0. The van der Waals surface area contributed by atoms with Gasteiger partial charge in [0.1, 0.15) is 5.82 Å². The number of hydrogen-bond acceptors (Lipinski definition) is 1. The summed E-state index contributed by atoms with van der Waals surface area (Å²) < 4.78 is 13.6. The van der Waals surface area contributed by atoms with Gasteiger partial charge in [0.2, 0.25) is 0 Å². The van der Waals surface area contributed by atoms with Crippen molar-refractivity contribution in [3.8, 4) is 0 Å². The van der Waals surface area contributed by atoms with Crippen LogP contribution in [0.3, 0.4) is 0 Å². The number of halogens is 2. The van der Waals surface area contributed by atoms with Crippen LogP contribution < -0.4 is 5.32 Å². The second kappa shape index (κ2) is 7.75. The van der Waals surface area contributed by atoms with Crippen molar-refractivity contribution in [3.05, 3.63) is 34.6 Å². The summed E-state index contributed by atoms with van der Waals surface area (Å²) in [7, 11) is 0. The number of nitrogens with one attached hydrogen (secondary N) is 1. The van der Waals surface area contributed by atoms with Gasteiger partial charge in [0.25, 0.3) is 0 Å². The summed E-state index contributed by atoms with van der Waals surface area (Å²) in [4.78, 5) is 0. The molecule has 0 bridgehead atoms. The molecule has 0 aliphatic heterocycles. The third kappa shape index (κ3) is 4.95. The molecular weight excluding hydrogens is 249 g/mol. The third-order valence-electron chi connectivity index (χ3n) is 3.19. The van der Waals surface area contributed by atoms with E-state index in [4.69, 9.17) is 11.6 Å². The third-order valence-corrected chi connectivity index (χ3v) is 3.43. The first-order valence-corrected chi connectivity index (χ1v) is 7.09. The van der Waals surface area contributed by atoms with Gasteiger partial charge in [0.05, 0.1) is 0 Å². The van der Waals surface area contributed by atoms with E-state index in [9.17, 15) is 4.39 Å². The lowest BCUT2D eigenvalue weighted by molar-refractivity contribution is 0.376. The summed E-state index contributed by atoms with van der Waals surface area (Å²) in [6, 6.07) is 5.20. The highest BCUT2D eigenvalue weighted by Gasteiger charge is 2.13. The fourth-order valence-electron chi connectivity index (χ4n) is 2.05. The molecule has 0 saturated carbocycles.